The molecule has 11 heavy (non-hydrogen) atoms. The van der Waals surface area contributed by atoms with Crippen molar-refractivity contribution in [2.75, 3.05) is 0 Å². The Morgan fingerprint density at radius 2 is 2.09 bits per heavy atom. The van der Waals surface area contributed by atoms with Crippen molar-refractivity contribution < 1.29 is 14.6 Å². The van der Waals surface area contributed by atoms with E-state index in [4.69, 9.17) is 16.2 Å². The maximum atomic E-state index is 10.1. The Morgan fingerprint density at radius 1 is 1.64 bits per heavy atom. The Hall–Kier alpha value is -1.30. The Kier molecular flexibility index (Phi) is 3.32. The number of primary amides is 1. The molecular formula is C5H11N3O3. The summed E-state index contributed by atoms with van der Waals surface area (Å²) in [6.07, 6.45) is -3.18. The Labute approximate surface area is 63.6 Å². The quantitative estimate of drug-likeness (QED) is 0.305. The van der Waals surface area contributed by atoms with E-state index in [1.807, 2.05) is 0 Å². The van der Waals surface area contributed by atoms with Gasteiger partial charge < -0.3 is 21.3 Å². The summed E-state index contributed by atoms with van der Waals surface area (Å²) in [5.41, 5.74) is 9.56. The highest BCUT2D eigenvalue weighted by Crippen LogP contribution is 1.97. The van der Waals surface area contributed by atoms with Crippen molar-refractivity contribution >= 4 is 11.9 Å². The van der Waals surface area contributed by atoms with Crippen molar-refractivity contribution in [1.82, 2.24) is 0 Å². The molecule has 0 aromatic carbocycles. The van der Waals surface area contributed by atoms with Gasteiger partial charge >= 0.3 is 6.09 Å². The summed E-state index contributed by atoms with van der Waals surface area (Å²) < 4.78 is 4.34. The molecule has 0 heterocycles. The molecule has 6 N–H and O–H groups in total. The van der Waals surface area contributed by atoms with Crippen LogP contribution in [0.4, 0.5) is 4.79 Å². The third kappa shape index (κ3) is 3.41. The third-order valence-corrected chi connectivity index (χ3v) is 1.07. The Bertz CT molecular complexity index is 170. The number of aliphatic hydroxyl groups excluding tert-OH is 1. The molecule has 0 radical (unpaired) electrons. The normalized spacial score (nSPS) is 15.1. The molecule has 0 bridgehead atoms. The zero-order valence-corrected chi connectivity index (χ0v) is 6.07. The number of nitrogens with two attached hydrogens (primary N) is 2. The van der Waals surface area contributed by atoms with E-state index in [-0.39, 0.29) is 0 Å². The van der Waals surface area contributed by atoms with Gasteiger partial charge in [-0.3, -0.25) is 5.41 Å². The summed E-state index contributed by atoms with van der Waals surface area (Å²) in [6.45, 7) is 1.39. The number of carbonyl (C=O) groups excluding carboxylic acids is 1. The molecule has 6 heteroatoms. The van der Waals surface area contributed by atoms with E-state index in [1.165, 1.54) is 6.92 Å². The van der Waals surface area contributed by atoms with Gasteiger partial charge in [-0.15, -0.1) is 0 Å². The largest absolute Gasteiger partial charge is 0.443 e. The molecule has 0 aromatic rings. The smallest absolute Gasteiger partial charge is 0.404 e. The predicted octanol–water partition coefficient (Wildman–Crippen LogP) is -1.23. The second kappa shape index (κ2) is 3.77. The standard InChI is InChI=1S/C5H11N3O3/c1-2(11-5(8)10)3(9)4(6)7/h2-3,9H,1H3,(H3,6,7)(H2,8,10)/t2-,3?/m0/s1. The lowest BCUT2D eigenvalue weighted by Crippen LogP contribution is -2.40. The van der Waals surface area contributed by atoms with Gasteiger partial charge in [0.05, 0.1) is 0 Å². The van der Waals surface area contributed by atoms with E-state index >= 15 is 0 Å². The van der Waals surface area contributed by atoms with Gasteiger partial charge in [-0.25, -0.2) is 4.79 Å². The second-order valence-electron chi connectivity index (χ2n) is 2.04. The minimum absolute atomic E-state index is 0.459. The van der Waals surface area contributed by atoms with Crippen molar-refractivity contribution in [2.24, 2.45) is 11.5 Å². The van der Waals surface area contributed by atoms with E-state index in [9.17, 15) is 4.79 Å². The number of rotatable bonds is 3. The number of aliphatic hydroxyl groups is 1. The number of hydrogen-bond donors (Lipinski definition) is 4. The fraction of sp³-hybridized carbons (Fsp3) is 0.600. The van der Waals surface area contributed by atoms with Crippen molar-refractivity contribution in [2.45, 2.75) is 19.1 Å². The summed E-state index contributed by atoms with van der Waals surface area (Å²) in [4.78, 5) is 10.1. The summed E-state index contributed by atoms with van der Waals surface area (Å²) in [5, 5.41) is 15.7. The van der Waals surface area contributed by atoms with Gasteiger partial charge in [0.2, 0.25) is 0 Å². The van der Waals surface area contributed by atoms with Gasteiger partial charge in [0.25, 0.3) is 0 Å². The van der Waals surface area contributed by atoms with Crippen LogP contribution in [-0.4, -0.2) is 29.2 Å². The molecule has 0 aliphatic carbocycles. The molecule has 0 fully saturated rings. The van der Waals surface area contributed by atoms with Crippen LogP contribution >= 0.6 is 0 Å². The van der Waals surface area contributed by atoms with Crippen LogP contribution in [-0.2, 0) is 4.74 Å². The molecule has 0 saturated carbocycles. The summed E-state index contributed by atoms with van der Waals surface area (Å²) in [6, 6.07) is 0. The molecule has 1 unspecified atom stereocenters. The first-order valence-electron chi connectivity index (χ1n) is 2.93. The lowest BCUT2D eigenvalue weighted by molar-refractivity contribution is 0.0487. The highest BCUT2D eigenvalue weighted by atomic mass is 16.6. The number of hydrogen-bond acceptors (Lipinski definition) is 4. The van der Waals surface area contributed by atoms with Crippen molar-refractivity contribution in [3.63, 3.8) is 0 Å². The molecular weight excluding hydrogens is 150 g/mol. The molecule has 0 rings (SSSR count). The predicted molar refractivity (Wildman–Crippen MR) is 38.1 cm³/mol. The highest BCUT2D eigenvalue weighted by molar-refractivity contribution is 5.82. The van der Waals surface area contributed by atoms with Crippen LogP contribution in [0.3, 0.4) is 0 Å². The fourth-order valence-corrected chi connectivity index (χ4v) is 0.501. The molecule has 0 aliphatic rings. The third-order valence-electron chi connectivity index (χ3n) is 1.07. The monoisotopic (exact) mass is 161 g/mol. The first-order valence-corrected chi connectivity index (χ1v) is 2.93. The molecule has 6 nitrogen and oxygen atoms in total. The average Bonchev–Trinajstić information content (AvgIpc) is 1.84. The van der Waals surface area contributed by atoms with E-state index in [0.717, 1.165) is 0 Å². The summed E-state index contributed by atoms with van der Waals surface area (Å²) >= 11 is 0. The van der Waals surface area contributed by atoms with E-state index in [0.29, 0.717) is 0 Å². The molecule has 0 spiro atoms. The molecule has 0 saturated heterocycles. The molecule has 1 amide bonds. The Morgan fingerprint density at radius 3 is 2.36 bits per heavy atom. The second-order valence-corrected chi connectivity index (χ2v) is 2.04. The lowest BCUT2D eigenvalue weighted by atomic mass is 10.2. The number of nitrogens with one attached hydrogen (secondary N) is 1. The van der Waals surface area contributed by atoms with Crippen LogP contribution in [0.2, 0.25) is 0 Å². The van der Waals surface area contributed by atoms with Gasteiger partial charge in [0, 0.05) is 0 Å². The molecule has 0 aliphatic heterocycles. The van der Waals surface area contributed by atoms with Crippen LogP contribution < -0.4 is 11.5 Å². The van der Waals surface area contributed by atoms with Gasteiger partial charge in [0.1, 0.15) is 18.0 Å². The van der Waals surface area contributed by atoms with Crippen LogP contribution in [0, 0.1) is 5.41 Å². The minimum Gasteiger partial charge on any atom is -0.443 e. The Balaban J connectivity index is 3.92. The number of amides is 1. The van der Waals surface area contributed by atoms with Gasteiger partial charge in [0.15, 0.2) is 0 Å². The number of ether oxygens (including phenoxy) is 1. The molecule has 64 valence electrons. The van der Waals surface area contributed by atoms with Crippen molar-refractivity contribution in [3.8, 4) is 0 Å². The highest BCUT2D eigenvalue weighted by Gasteiger charge is 2.19. The van der Waals surface area contributed by atoms with Gasteiger partial charge in [-0.1, -0.05) is 0 Å². The maximum Gasteiger partial charge on any atom is 0.404 e. The fourth-order valence-electron chi connectivity index (χ4n) is 0.501. The van der Waals surface area contributed by atoms with Crippen molar-refractivity contribution in [1.29, 1.82) is 5.41 Å². The first kappa shape index (κ1) is 9.70. The van der Waals surface area contributed by atoms with Crippen LogP contribution in [0.15, 0.2) is 0 Å². The van der Waals surface area contributed by atoms with E-state index in [1.54, 1.807) is 0 Å². The maximum absolute atomic E-state index is 10.1. The number of amidine groups is 1. The zero-order chi connectivity index (χ0) is 9.02. The summed E-state index contributed by atoms with van der Waals surface area (Å²) in [7, 11) is 0. The van der Waals surface area contributed by atoms with E-state index < -0.39 is 24.1 Å². The average molecular weight is 161 g/mol. The molecule has 2 atom stereocenters. The topological polar surface area (TPSA) is 122 Å². The van der Waals surface area contributed by atoms with Crippen molar-refractivity contribution in [3.05, 3.63) is 0 Å². The van der Waals surface area contributed by atoms with Gasteiger partial charge in [-0.2, -0.15) is 0 Å². The SMILES string of the molecule is C[C@H](OC(N)=O)C(O)C(=N)N. The molecule has 0 aromatic heterocycles. The van der Waals surface area contributed by atoms with Crippen LogP contribution in [0.5, 0.6) is 0 Å². The van der Waals surface area contributed by atoms with Gasteiger partial charge in [-0.05, 0) is 6.92 Å². The zero-order valence-electron chi connectivity index (χ0n) is 6.07. The number of carbonyl (C=O) groups is 1. The lowest BCUT2D eigenvalue weighted by Gasteiger charge is -2.16. The summed E-state index contributed by atoms with van der Waals surface area (Å²) in [5.74, 6) is -0.459. The minimum atomic E-state index is -1.29. The first-order chi connectivity index (χ1) is 4.95. The van der Waals surface area contributed by atoms with Crippen LogP contribution in [0.25, 0.3) is 0 Å². The van der Waals surface area contributed by atoms with Crippen LogP contribution in [0.1, 0.15) is 6.92 Å². The van der Waals surface area contributed by atoms with E-state index in [2.05, 4.69) is 10.5 Å².